The number of aryl methyl sites for hydroxylation is 1. The molecule has 0 spiro atoms. The average molecular weight is 386 g/mol. The second kappa shape index (κ2) is 8.97. The zero-order valence-corrected chi connectivity index (χ0v) is 16.4. The predicted octanol–water partition coefficient (Wildman–Crippen LogP) is 4.96. The fraction of sp³-hybridized carbons (Fsp3) is 0.125. The van der Waals surface area contributed by atoms with E-state index in [4.69, 9.17) is 0 Å². The number of rotatable bonds is 6. The van der Waals surface area contributed by atoms with Crippen molar-refractivity contribution < 1.29 is 14.4 Å². The smallest absolute Gasteiger partial charge is 0.255 e. The van der Waals surface area contributed by atoms with E-state index >= 15 is 0 Å². The van der Waals surface area contributed by atoms with Crippen LogP contribution in [0.25, 0.3) is 0 Å². The molecule has 5 nitrogen and oxygen atoms in total. The summed E-state index contributed by atoms with van der Waals surface area (Å²) in [6, 6.07) is 20.9. The van der Waals surface area contributed by atoms with Gasteiger partial charge in [0.15, 0.2) is 5.78 Å². The standard InChI is InChI=1S/C24H22N2O3/c1-3-17-7-4-5-10-22(17)26-24(29)20-9-6-8-19(15-20)23(28)25-21-13-11-18(12-14-21)16(2)27/h4-15H,3H2,1-2H3,(H,25,28)(H,26,29). The topological polar surface area (TPSA) is 75.3 Å². The molecule has 146 valence electrons. The molecule has 0 saturated heterocycles. The van der Waals surface area contributed by atoms with Crippen molar-refractivity contribution in [1.82, 2.24) is 0 Å². The van der Waals surface area contributed by atoms with Crippen LogP contribution in [0.3, 0.4) is 0 Å². The highest BCUT2D eigenvalue weighted by Gasteiger charge is 2.12. The third-order valence-electron chi connectivity index (χ3n) is 4.58. The number of carbonyl (C=O) groups is 3. The molecule has 29 heavy (non-hydrogen) atoms. The van der Waals surface area contributed by atoms with Crippen molar-refractivity contribution in [3.63, 3.8) is 0 Å². The Balaban J connectivity index is 1.73. The Hall–Kier alpha value is -3.73. The van der Waals surface area contributed by atoms with Gasteiger partial charge < -0.3 is 10.6 Å². The van der Waals surface area contributed by atoms with E-state index < -0.39 is 0 Å². The molecule has 0 heterocycles. The fourth-order valence-electron chi connectivity index (χ4n) is 2.94. The number of Topliss-reactive ketones (excluding diaryl/α,β-unsaturated/α-hetero) is 1. The molecule has 2 amide bonds. The van der Waals surface area contributed by atoms with Crippen molar-refractivity contribution in [3.05, 3.63) is 95.1 Å². The van der Waals surface area contributed by atoms with Crippen LogP contribution in [0.2, 0.25) is 0 Å². The number of ketones is 1. The first-order chi connectivity index (χ1) is 14.0. The SMILES string of the molecule is CCc1ccccc1NC(=O)c1cccc(C(=O)Nc2ccc(C(C)=O)cc2)c1. The second-order valence-electron chi connectivity index (χ2n) is 6.63. The van der Waals surface area contributed by atoms with Gasteiger partial charge in [-0.1, -0.05) is 31.2 Å². The van der Waals surface area contributed by atoms with Crippen LogP contribution in [-0.2, 0) is 6.42 Å². The normalized spacial score (nSPS) is 10.3. The van der Waals surface area contributed by atoms with Crippen molar-refractivity contribution in [2.45, 2.75) is 20.3 Å². The Labute approximate surface area is 169 Å². The van der Waals surface area contributed by atoms with E-state index in [2.05, 4.69) is 10.6 Å². The summed E-state index contributed by atoms with van der Waals surface area (Å²) < 4.78 is 0. The lowest BCUT2D eigenvalue weighted by Crippen LogP contribution is -2.16. The molecule has 0 radical (unpaired) electrons. The van der Waals surface area contributed by atoms with Gasteiger partial charge >= 0.3 is 0 Å². The van der Waals surface area contributed by atoms with Crippen molar-refractivity contribution >= 4 is 29.0 Å². The van der Waals surface area contributed by atoms with Gasteiger partial charge in [0.05, 0.1) is 0 Å². The molecule has 5 heteroatoms. The molecular formula is C24H22N2O3. The lowest BCUT2D eigenvalue weighted by atomic mass is 10.1. The van der Waals surface area contributed by atoms with Crippen LogP contribution in [0.1, 0.15) is 50.5 Å². The Kier molecular flexibility index (Phi) is 6.19. The highest BCUT2D eigenvalue weighted by atomic mass is 16.2. The number of anilines is 2. The molecule has 0 bridgehead atoms. The lowest BCUT2D eigenvalue weighted by molar-refractivity contribution is 0.101. The summed E-state index contributed by atoms with van der Waals surface area (Å²) in [5.74, 6) is -0.637. The number of nitrogens with one attached hydrogen (secondary N) is 2. The van der Waals surface area contributed by atoms with E-state index in [0.717, 1.165) is 17.7 Å². The Bertz CT molecular complexity index is 1060. The summed E-state index contributed by atoms with van der Waals surface area (Å²) in [4.78, 5) is 36.5. The molecule has 0 aliphatic heterocycles. The number of hydrogen-bond donors (Lipinski definition) is 2. The number of benzene rings is 3. The highest BCUT2D eigenvalue weighted by Crippen LogP contribution is 2.18. The lowest BCUT2D eigenvalue weighted by Gasteiger charge is -2.11. The molecule has 0 unspecified atom stereocenters. The largest absolute Gasteiger partial charge is 0.322 e. The van der Waals surface area contributed by atoms with Crippen molar-refractivity contribution in [2.75, 3.05) is 10.6 Å². The molecule has 3 aromatic carbocycles. The van der Waals surface area contributed by atoms with Crippen LogP contribution in [-0.4, -0.2) is 17.6 Å². The summed E-state index contributed by atoms with van der Waals surface area (Å²) in [5.41, 5.74) is 3.73. The molecule has 3 aromatic rings. The summed E-state index contributed by atoms with van der Waals surface area (Å²) >= 11 is 0. The van der Waals surface area contributed by atoms with E-state index in [-0.39, 0.29) is 17.6 Å². The van der Waals surface area contributed by atoms with Gasteiger partial charge in [-0.05, 0) is 67.4 Å². The maximum atomic E-state index is 12.6. The molecule has 0 aliphatic carbocycles. The molecule has 0 fully saturated rings. The number of amides is 2. The van der Waals surface area contributed by atoms with Gasteiger partial charge in [-0.25, -0.2) is 0 Å². The first-order valence-electron chi connectivity index (χ1n) is 9.39. The maximum Gasteiger partial charge on any atom is 0.255 e. The van der Waals surface area contributed by atoms with E-state index in [0.29, 0.717) is 22.4 Å². The Morgan fingerprint density at radius 3 is 1.97 bits per heavy atom. The van der Waals surface area contributed by atoms with Crippen molar-refractivity contribution in [1.29, 1.82) is 0 Å². The fourth-order valence-corrected chi connectivity index (χ4v) is 2.94. The Morgan fingerprint density at radius 1 is 0.724 bits per heavy atom. The van der Waals surface area contributed by atoms with Crippen LogP contribution in [0, 0.1) is 0 Å². The minimum Gasteiger partial charge on any atom is -0.322 e. The molecule has 3 rings (SSSR count). The molecule has 0 aliphatic rings. The molecular weight excluding hydrogens is 364 g/mol. The van der Waals surface area contributed by atoms with Gasteiger partial charge in [-0.2, -0.15) is 0 Å². The highest BCUT2D eigenvalue weighted by molar-refractivity contribution is 6.09. The number of hydrogen-bond acceptors (Lipinski definition) is 3. The van der Waals surface area contributed by atoms with E-state index in [1.165, 1.54) is 6.92 Å². The van der Waals surface area contributed by atoms with Crippen molar-refractivity contribution in [3.8, 4) is 0 Å². The molecule has 0 atom stereocenters. The zero-order valence-electron chi connectivity index (χ0n) is 16.4. The van der Waals surface area contributed by atoms with Crippen LogP contribution in [0.4, 0.5) is 11.4 Å². The van der Waals surface area contributed by atoms with Gasteiger partial charge in [-0.15, -0.1) is 0 Å². The predicted molar refractivity (Wildman–Crippen MR) is 115 cm³/mol. The number of para-hydroxylation sites is 1. The third kappa shape index (κ3) is 4.96. The van der Waals surface area contributed by atoms with E-state index in [1.54, 1.807) is 48.5 Å². The summed E-state index contributed by atoms with van der Waals surface area (Å²) in [7, 11) is 0. The third-order valence-corrected chi connectivity index (χ3v) is 4.58. The van der Waals surface area contributed by atoms with Crippen LogP contribution < -0.4 is 10.6 Å². The molecule has 0 saturated carbocycles. The van der Waals surface area contributed by atoms with Crippen LogP contribution in [0.15, 0.2) is 72.8 Å². The Morgan fingerprint density at radius 2 is 1.34 bits per heavy atom. The quantitative estimate of drug-likeness (QED) is 0.588. The van der Waals surface area contributed by atoms with E-state index in [1.807, 2.05) is 31.2 Å². The first kappa shape index (κ1) is 20.0. The van der Waals surface area contributed by atoms with Crippen LogP contribution >= 0.6 is 0 Å². The minimum atomic E-state index is -0.329. The summed E-state index contributed by atoms with van der Waals surface area (Å²) in [6.45, 7) is 3.52. The number of carbonyl (C=O) groups excluding carboxylic acids is 3. The summed E-state index contributed by atoms with van der Waals surface area (Å²) in [6.07, 6.45) is 0.807. The van der Waals surface area contributed by atoms with E-state index in [9.17, 15) is 14.4 Å². The molecule has 0 aromatic heterocycles. The average Bonchev–Trinajstić information content (AvgIpc) is 2.74. The van der Waals surface area contributed by atoms with Crippen LogP contribution in [0.5, 0.6) is 0 Å². The van der Waals surface area contributed by atoms with Gasteiger partial charge in [0.25, 0.3) is 11.8 Å². The minimum absolute atomic E-state index is 0.0359. The zero-order chi connectivity index (χ0) is 20.8. The summed E-state index contributed by atoms with van der Waals surface area (Å²) in [5, 5.41) is 5.68. The maximum absolute atomic E-state index is 12.6. The second-order valence-corrected chi connectivity index (χ2v) is 6.63. The van der Waals surface area contributed by atoms with Gasteiger partial charge in [0.1, 0.15) is 0 Å². The van der Waals surface area contributed by atoms with Crippen molar-refractivity contribution in [2.24, 2.45) is 0 Å². The van der Waals surface area contributed by atoms with Gasteiger partial charge in [0.2, 0.25) is 0 Å². The molecule has 2 N–H and O–H groups in total. The van der Waals surface area contributed by atoms with Gasteiger partial charge in [0, 0.05) is 28.1 Å². The monoisotopic (exact) mass is 386 g/mol. The first-order valence-corrected chi connectivity index (χ1v) is 9.39. The van der Waals surface area contributed by atoms with Gasteiger partial charge in [-0.3, -0.25) is 14.4 Å².